The molecule has 6 nitrogen and oxygen atoms in total. The van der Waals surface area contributed by atoms with Crippen LogP contribution in [0.5, 0.6) is 0 Å². The Kier molecular flexibility index (Phi) is 4.11. The minimum Gasteiger partial charge on any atom is -0.316 e. The molecule has 2 heterocycles. The molecule has 0 aliphatic heterocycles. The molecule has 1 aromatic carbocycles. The normalized spacial score (nSPS) is 19.3. The van der Waals surface area contributed by atoms with Gasteiger partial charge in [-0.3, -0.25) is 14.0 Å². The van der Waals surface area contributed by atoms with E-state index < -0.39 is 22.3 Å². The zero-order valence-corrected chi connectivity index (χ0v) is 16.8. The fourth-order valence-corrected chi connectivity index (χ4v) is 4.54. The monoisotopic (exact) mass is 437 g/mol. The molecular formula is C20H19ClF3N5O. The van der Waals surface area contributed by atoms with Gasteiger partial charge < -0.3 is 5.73 Å². The summed E-state index contributed by atoms with van der Waals surface area (Å²) in [7, 11) is 1.67. The van der Waals surface area contributed by atoms with Crippen LogP contribution in [0, 0.1) is 5.92 Å². The Morgan fingerprint density at radius 1 is 1.17 bits per heavy atom. The van der Waals surface area contributed by atoms with Crippen LogP contribution >= 0.6 is 11.6 Å². The van der Waals surface area contributed by atoms with Crippen molar-refractivity contribution < 1.29 is 13.2 Å². The number of benzene rings is 1. The van der Waals surface area contributed by atoms with E-state index in [0.29, 0.717) is 16.8 Å². The Morgan fingerprint density at radius 3 is 2.43 bits per heavy atom. The van der Waals surface area contributed by atoms with E-state index in [2.05, 4.69) is 10.1 Å². The first kappa shape index (κ1) is 19.6. The third-order valence-corrected chi connectivity index (χ3v) is 6.39. The number of halogens is 4. The lowest BCUT2D eigenvalue weighted by Crippen LogP contribution is -2.42. The summed E-state index contributed by atoms with van der Waals surface area (Å²) in [5.41, 5.74) is 6.15. The highest BCUT2D eigenvalue weighted by molar-refractivity contribution is 6.31. The molecule has 2 saturated carbocycles. The van der Waals surface area contributed by atoms with Crippen LogP contribution in [0.25, 0.3) is 11.0 Å². The highest BCUT2D eigenvalue weighted by atomic mass is 35.5. The number of hydrogen-bond donors (Lipinski definition) is 1. The summed E-state index contributed by atoms with van der Waals surface area (Å²) in [4.78, 5) is 17.4. The zero-order chi connectivity index (χ0) is 21.4. The third-order valence-electron chi connectivity index (χ3n) is 6.08. The highest BCUT2D eigenvalue weighted by Gasteiger charge is 2.49. The van der Waals surface area contributed by atoms with Gasteiger partial charge >= 0.3 is 6.18 Å². The number of alkyl halides is 3. The van der Waals surface area contributed by atoms with Gasteiger partial charge in [-0.2, -0.15) is 18.3 Å². The molecule has 2 aliphatic carbocycles. The number of hydrogen-bond acceptors (Lipinski definition) is 4. The summed E-state index contributed by atoms with van der Waals surface area (Å²) < 4.78 is 42.6. The molecule has 0 saturated heterocycles. The number of rotatable bonds is 4. The predicted octanol–water partition coefficient (Wildman–Crippen LogP) is 3.75. The Bertz CT molecular complexity index is 1230. The summed E-state index contributed by atoms with van der Waals surface area (Å²) in [5.74, 6) is -0.0171. The first-order valence-electron chi connectivity index (χ1n) is 9.72. The molecule has 3 aromatic rings. The Morgan fingerprint density at radius 2 is 1.87 bits per heavy atom. The largest absolute Gasteiger partial charge is 0.417 e. The fourth-order valence-electron chi connectivity index (χ4n) is 4.26. The van der Waals surface area contributed by atoms with Gasteiger partial charge in [-0.1, -0.05) is 17.7 Å². The molecule has 5 rings (SSSR count). The predicted molar refractivity (Wildman–Crippen MR) is 105 cm³/mol. The lowest BCUT2D eigenvalue weighted by Gasteiger charge is -2.31. The number of fused-ring (bicyclic) bond motifs is 1. The van der Waals surface area contributed by atoms with E-state index in [-0.39, 0.29) is 23.0 Å². The molecular weight excluding hydrogens is 419 g/mol. The van der Waals surface area contributed by atoms with E-state index in [1.165, 1.54) is 23.1 Å². The van der Waals surface area contributed by atoms with Crippen molar-refractivity contribution in [1.29, 1.82) is 0 Å². The molecule has 2 N–H and O–H groups in total. The number of nitrogens with two attached hydrogens (primary N) is 1. The van der Waals surface area contributed by atoms with Crippen LogP contribution in [0.1, 0.15) is 48.5 Å². The van der Waals surface area contributed by atoms with Crippen LogP contribution in [0.3, 0.4) is 0 Å². The van der Waals surface area contributed by atoms with Crippen molar-refractivity contribution >= 4 is 22.6 Å². The van der Waals surface area contributed by atoms with Crippen molar-refractivity contribution in [2.24, 2.45) is 18.7 Å². The first-order valence-corrected chi connectivity index (χ1v) is 10.1. The van der Waals surface area contributed by atoms with Crippen molar-refractivity contribution in [3.63, 3.8) is 0 Å². The Balaban J connectivity index is 1.71. The Hall–Kier alpha value is -2.39. The van der Waals surface area contributed by atoms with E-state index in [9.17, 15) is 18.0 Å². The van der Waals surface area contributed by atoms with Gasteiger partial charge in [0.1, 0.15) is 5.52 Å². The van der Waals surface area contributed by atoms with Gasteiger partial charge in [0.25, 0.3) is 5.56 Å². The van der Waals surface area contributed by atoms with Crippen LogP contribution < -0.4 is 11.3 Å². The van der Waals surface area contributed by atoms with Crippen LogP contribution in [-0.4, -0.2) is 19.3 Å². The maximum atomic E-state index is 13.2. The minimum atomic E-state index is -4.55. The maximum absolute atomic E-state index is 13.2. The van der Waals surface area contributed by atoms with Gasteiger partial charge in [0.15, 0.2) is 5.52 Å². The average Bonchev–Trinajstić information content (AvgIpc) is 3.57. The second-order valence-electron chi connectivity index (χ2n) is 8.19. The van der Waals surface area contributed by atoms with E-state index >= 15 is 0 Å². The minimum absolute atomic E-state index is 0.0171. The van der Waals surface area contributed by atoms with Crippen LogP contribution in [0.2, 0.25) is 5.02 Å². The third kappa shape index (κ3) is 2.86. The molecule has 0 bridgehead atoms. The molecule has 0 radical (unpaired) electrons. The first-order chi connectivity index (χ1) is 14.1. The van der Waals surface area contributed by atoms with Crippen LogP contribution in [-0.2, 0) is 18.8 Å². The standard InChI is InChI=1S/C20H19ClF3N5O/c1-28-17(15-16(27-28)18(30)29(9-26-15)12-5-6-12)19(25,10-2-3-10)11-4-7-13(14(21)8-11)20(22,23)24/h4,7-10,12H,2-3,5-6,25H2,1H3/t19-/m1/s1. The topological polar surface area (TPSA) is 78.7 Å². The summed E-state index contributed by atoms with van der Waals surface area (Å²) >= 11 is 5.99. The van der Waals surface area contributed by atoms with E-state index in [0.717, 1.165) is 31.7 Å². The van der Waals surface area contributed by atoms with Gasteiger partial charge in [0.05, 0.1) is 28.1 Å². The van der Waals surface area contributed by atoms with E-state index in [1.807, 2.05) is 0 Å². The molecule has 0 amide bonds. The lowest BCUT2D eigenvalue weighted by molar-refractivity contribution is -0.137. The maximum Gasteiger partial charge on any atom is 0.417 e. The molecule has 10 heteroatoms. The van der Waals surface area contributed by atoms with Gasteiger partial charge in [-0.15, -0.1) is 0 Å². The number of nitrogens with zero attached hydrogens (tertiary/aromatic N) is 4. The van der Waals surface area contributed by atoms with E-state index in [1.54, 1.807) is 11.6 Å². The smallest absolute Gasteiger partial charge is 0.316 e. The van der Waals surface area contributed by atoms with Gasteiger partial charge in [0, 0.05) is 13.1 Å². The SMILES string of the molecule is Cn1nc2c(=O)n(C3CC3)cnc2c1[C@](N)(c1ccc(C(F)(F)F)c(Cl)c1)C1CC1. The Labute approximate surface area is 174 Å². The summed E-state index contributed by atoms with van der Waals surface area (Å²) in [5, 5.41) is 3.98. The fraction of sp³-hybridized carbons (Fsp3) is 0.450. The van der Waals surface area contributed by atoms with Gasteiger partial charge in [-0.05, 0) is 49.3 Å². The van der Waals surface area contributed by atoms with Crippen molar-refractivity contribution in [2.75, 3.05) is 0 Å². The average molecular weight is 438 g/mol. The number of aryl methyl sites for hydroxylation is 1. The summed E-state index contributed by atoms with van der Waals surface area (Å²) in [6.45, 7) is 0. The molecule has 2 aliphatic rings. The van der Waals surface area contributed by atoms with Gasteiger partial charge in [0.2, 0.25) is 0 Å². The molecule has 0 spiro atoms. The number of aromatic nitrogens is 4. The lowest BCUT2D eigenvalue weighted by atomic mass is 9.81. The molecule has 158 valence electrons. The summed E-state index contributed by atoms with van der Waals surface area (Å²) in [6, 6.07) is 3.73. The van der Waals surface area contributed by atoms with Crippen molar-refractivity contribution in [3.05, 3.63) is 56.7 Å². The summed E-state index contributed by atoms with van der Waals surface area (Å²) in [6.07, 6.45) is 0.434. The molecule has 1 atom stereocenters. The van der Waals surface area contributed by atoms with Crippen molar-refractivity contribution in [1.82, 2.24) is 19.3 Å². The molecule has 0 unspecified atom stereocenters. The van der Waals surface area contributed by atoms with Crippen LogP contribution in [0.4, 0.5) is 13.2 Å². The highest BCUT2D eigenvalue weighted by Crippen LogP contribution is 2.50. The van der Waals surface area contributed by atoms with Crippen LogP contribution in [0.15, 0.2) is 29.3 Å². The second-order valence-corrected chi connectivity index (χ2v) is 8.60. The van der Waals surface area contributed by atoms with E-state index in [4.69, 9.17) is 17.3 Å². The quantitative estimate of drug-likeness (QED) is 0.674. The van der Waals surface area contributed by atoms with Gasteiger partial charge in [-0.25, -0.2) is 4.98 Å². The molecule has 2 aromatic heterocycles. The van der Waals surface area contributed by atoms with Crippen molar-refractivity contribution in [2.45, 2.75) is 43.4 Å². The molecule has 30 heavy (non-hydrogen) atoms. The second kappa shape index (κ2) is 6.31. The van der Waals surface area contributed by atoms with Crippen molar-refractivity contribution in [3.8, 4) is 0 Å². The zero-order valence-electron chi connectivity index (χ0n) is 16.1. The molecule has 2 fully saturated rings.